The van der Waals surface area contributed by atoms with E-state index in [1.165, 1.54) is 53.9 Å². The number of para-hydroxylation sites is 1. The Morgan fingerprint density at radius 3 is 2.38 bits per heavy atom. The quantitative estimate of drug-likeness (QED) is 0.165. The summed E-state index contributed by atoms with van der Waals surface area (Å²) in [5, 5.41) is 40.4. The Hall–Kier alpha value is -4.58. The largest absolute Gasteiger partial charge is 0.505 e. The van der Waals surface area contributed by atoms with Gasteiger partial charge in [-0.15, -0.1) is 5.11 Å². The van der Waals surface area contributed by atoms with Crippen LogP contribution in [0.4, 0.5) is 27.9 Å². The number of benzene rings is 3. The number of aromatic nitrogens is 1. The van der Waals surface area contributed by atoms with Crippen LogP contribution in [-0.2, 0) is 0 Å². The predicted octanol–water partition coefficient (Wildman–Crippen LogP) is 5.98. The molecule has 1 aromatic heterocycles. The highest BCUT2D eigenvalue weighted by molar-refractivity contribution is 7.22. The van der Waals surface area contributed by atoms with E-state index in [9.17, 15) is 25.3 Å². The molecule has 3 aromatic carbocycles. The highest BCUT2D eigenvalue weighted by atomic mass is 32.1. The van der Waals surface area contributed by atoms with E-state index in [2.05, 4.69) is 20.2 Å². The van der Waals surface area contributed by atoms with Gasteiger partial charge in [0.05, 0.1) is 25.8 Å². The van der Waals surface area contributed by atoms with Crippen LogP contribution in [0, 0.1) is 20.2 Å². The summed E-state index contributed by atoms with van der Waals surface area (Å²) in [4.78, 5) is 29.1. The van der Waals surface area contributed by atoms with Crippen molar-refractivity contribution in [3.63, 3.8) is 0 Å². The third kappa shape index (κ3) is 4.44. The molecule has 0 aliphatic rings. The van der Waals surface area contributed by atoms with Crippen LogP contribution in [0.3, 0.4) is 0 Å². The molecule has 1 N–H and O–H groups in total. The number of phenols is 1. The van der Waals surface area contributed by atoms with Gasteiger partial charge in [-0.1, -0.05) is 17.4 Å². The van der Waals surface area contributed by atoms with Crippen molar-refractivity contribution in [3.05, 3.63) is 86.5 Å². The molecule has 32 heavy (non-hydrogen) atoms. The summed E-state index contributed by atoms with van der Waals surface area (Å²) in [6.45, 7) is 0. The van der Waals surface area contributed by atoms with Crippen LogP contribution in [-0.4, -0.2) is 26.2 Å². The molecule has 4 rings (SSSR count). The summed E-state index contributed by atoms with van der Waals surface area (Å²) >= 11 is 1.25. The zero-order chi connectivity index (χ0) is 22.7. The fourth-order valence-corrected chi connectivity index (χ4v) is 3.47. The van der Waals surface area contributed by atoms with Crippen LogP contribution in [0.15, 0.2) is 75.9 Å². The molecule has 158 valence electrons. The van der Waals surface area contributed by atoms with Crippen molar-refractivity contribution in [1.82, 2.24) is 4.98 Å². The summed E-state index contributed by atoms with van der Waals surface area (Å²) in [5.41, 5.74) is 1.29. The van der Waals surface area contributed by atoms with E-state index in [0.717, 1.165) is 4.70 Å². The Morgan fingerprint density at radius 2 is 1.66 bits per heavy atom. The van der Waals surface area contributed by atoms with Crippen molar-refractivity contribution in [2.24, 2.45) is 15.2 Å². The minimum atomic E-state index is -0.512. The van der Waals surface area contributed by atoms with Gasteiger partial charge in [-0.05, 0) is 30.3 Å². The van der Waals surface area contributed by atoms with Crippen molar-refractivity contribution in [1.29, 1.82) is 0 Å². The second kappa shape index (κ2) is 8.65. The molecule has 11 nitrogen and oxygen atoms in total. The molecule has 0 radical (unpaired) electrons. The SMILES string of the molecule is O=[N+]([O-])c1ccc(N=Nc2cccc(/C=N/c3nc4cc([N+](=O)[O-])ccc4s3)c2O)cc1. The number of hydrogen-bond donors (Lipinski definition) is 1. The molecule has 0 saturated heterocycles. The number of fused-ring (bicyclic) bond motifs is 1. The van der Waals surface area contributed by atoms with Crippen LogP contribution in [0.1, 0.15) is 5.56 Å². The van der Waals surface area contributed by atoms with Crippen molar-refractivity contribution in [2.45, 2.75) is 0 Å². The molecule has 0 spiro atoms. The van der Waals surface area contributed by atoms with Gasteiger partial charge in [-0.3, -0.25) is 20.2 Å². The smallest absolute Gasteiger partial charge is 0.271 e. The minimum Gasteiger partial charge on any atom is -0.505 e. The molecule has 0 saturated carbocycles. The molecule has 0 bridgehead atoms. The van der Waals surface area contributed by atoms with Gasteiger partial charge in [0.1, 0.15) is 5.69 Å². The van der Waals surface area contributed by atoms with E-state index in [-0.39, 0.29) is 22.8 Å². The van der Waals surface area contributed by atoms with E-state index >= 15 is 0 Å². The lowest BCUT2D eigenvalue weighted by Crippen LogP contribution is -1.86. The number of rotatable bonds is 6. The summed E-state index contributed by atoms with van der Waals surface area (Å²) in [6.07, 6.45) is 1.41. The number of aromatic hydroxyl groups is 1. The number of phenolic OH excluding ortho intramolecular Hbond substituents is 1. The van der Waals surface area contributed by atoms with Crippen molar-refractivity contribution >= 4 is 55.6 Å². The van der Waals surface area contributed by atoms with Gasteiger partial charge in [-0.2, -0.15) is 5.11 Å². The summed E-state index contributed by atoms with van der Waals surface area (Å²) in [5.74, 6) is -0.154. The molecule has 0 atom stereocenters. The van der Waals surface area contributed by atoms with E-state index in [1.54, 1.807) is 24.3 Å². The highest BCUT2D eigenvalue weighted by Crippen LogP contribution is 2.33. The van der Waals surface area contributed by atoms with Crippen molar-refractivity contribution in [2.75, 3.05) is 0 Å². The maximum Gasteiger partial charge on any atom is 0.271 e. The third-order valence-electron chi connectivity index (χ3n) is 4.26. The molecule has 4 aromatic rings. The minimum absolute atomic E-state index is 0.0537. The van der Waals surface area contributed by atoms with Gasteiger partial charge >= 0.3 is 0 Å². The number of thiazole rings is 1. The Bertz CT molecular complexity index is 1400. The normalized spacial score (nSPS) is 11.5. The first-order valence-corrected chi connectivity index (χ1v) is 9.79. The van der Waals surface area contributed by atoms with Crippen LogP contribution in [0.25, 0.3) is 10.2 Å². The van der Waals surface area contributed by atoms with Crippen molar-refractivity contribution in [3.8, 4) is 5.75 Å². The van der Waals surface area contributed by atoms with Crippen molar-refractivity contribution < 1.29 is 15.0 Å². The number of aliphatic imine (C=N–C) groups is 1. The lowest BCUT2D eigenvalue weighted by Gasteiger charge is -2.01. The monoisotopic (exact) mass is 448 g/mol. The summed E-state index contributed by atoms with van der Waals surface area (Å²) < 4.78 is 0.748. The maximum absolute atomic E-state index is 10.9. The number of nitrogens with zero attached hydrogens (tertiary/aromatic N) is 6. The predicted molar refractivity (Wildman–Crippen MR) is 119 cm³/mol. The zero-order valence-corrected chi connectivity index (χ0v) is 16.8. The number of azo groups is 1. The average molecular weight is 448 g/mol. The first kappa shape index (κ1) is 20.7. The van der Waals surface area contributed by atoms with Gasteiger partial charge in [-0.25, -0.2) is 9.98 Å². The lowest BCUT2D eigenvalue weighted by molar-refractivity contribution is -0.385. The maximum atomic E-state index is 10.9. The van der Waals surface area contributed by atoms with Gasteiger partial charge < -0.3 is 5.11 Å². The van der Waals surface area contributed by atoms with Crippen LogP contribution in [0.5, 0.6) is 5.75 Å². The number of hydrogen-bond acceptors (Lipinski definition) is 10. The Morgan fingerprint density at radius 1 is 0.938 bits per heavy atom. The standard InChI is InChI=1S/C20H12N6O5S/c27-19-12(11-21-20-22-17-10-15(26(30)31)8-9-18(17)32-20)2-1-3-16(19)24-23-13-4-6-14(7-5-13)25(28)29/h1-11,27H/b21-11+,24-23?. The molecule has 0 aliphatic heterocycles. The Labute approximate surface area is 183 Å². The van der Waals surface area contributed by atoms with E-state index in [1.807, 2.05) is 0 Å². The second-order valence-corrected chi connectivity index (χ2v) is 7.36. The molecule has 12 heteroatoms. The van der Waals surface area contributed by atoms with Gasteiger partial charge in [0, 0.05) is 36.0 Å². The highest BCUT2D eigenvalue weighted by Gasteiger charge is 2.10. The topological polar surface area (TPSA) is 156 Å². The molecular weight excluding hydrogens is 436 g/mol. The molecule has 0 amide bonds. The van der Waals surface area contributed by atoms with Crippen LogP contribution < -0.4 is 0 Å². The average Bonchev–Trinajstić information content (AvgIpc) is 3.20. The summed E-state index contributed by atoms with van der Waals surface area (Å²) in [7, 11) is 0. The van der Waals surface area contributed by atoms with E-state index < -0.39 is 9.85 Å². The second-order valence-electron chi connectivity index (χ2n) is 6.35. The Balaban J connectivity index is 1.55. The zero-order valence-electron chi connectivity index (χ0n) is 16.0. The number of nitro groups is 2. The van der Waals surface area contributed by atoms with Crippen LogP contribution in [0.2, 0.25) is 0 Å². The molecule has 0 unspecified atom stereocenters. The van der Waals surface area contributed by atoms with Crippen LogP contribution >= 0.6 is 11.3 Å². The van der Waals surface area contributed by atoms with E-state index in [4.69, 9.17) is 0 Å². The lowest BCUT2D eigenvalue weighted by atomic mass is 10.2. The fourth-order valence-electron chi connectivity index (χ4n) is 2.68. The van der Waals surface area contributed by atoms with Gasteiger partial charge in [0.15, 0.2) is 5.75 Å². The third-order valence-corrected chi connectivity index (χ3v) is 5.21. The first-order valence-electron chi connectivity index (χ1n) is 8.98. The molecule has 1 heterocycles. The number of nitro benzene ring substituents is 2. The Kier molecular flexibility index (Phi) is 5.59. The molecule has 0 fully saturated rings. The van der Waals surface area contributed by atoms with Gasteiger partial charge in [0.2, 0.25) is 5.13 Å². The molecule has 0 aliphatic carbocycles. The summed E-state index contributed by atoms with van der Waals surface area (Å²) in [6, 6.07) is 14.7. The molecular formula is C20H12N6O5S. The van der Waals surface area contributed by atoms with E-state index in [0.29, 0.717) is 21.9 Å². The number of non-ortho nitro benzene ring substituents is 2. The van der Waals surface area contributed by atoms with Gasteiger partial charge in [0.25, 0.3) is 11.4 Å². The fraction of sp³-hybridized carbons (Fsp3) is 0. The first-order chi connectivity index (χ1) is 15.4.